The highest BCUT2D eigenvalue weighted by Crippen LogP contribution is 2.28. The normalized spacial score (nSPS) is 16.3. The minimum absolute atomic E-state index is 0.629. The molecule has 2 aromatic heterocycles. The Hall–Kier alpha value is -1.62. The summed E-state index contributed by atoms with van der Waals surface area (Å²) in [4.78, 5) is 0. The Morgan fingerprint density at radius 1 is 1.32 bits per heavy atom. The SMILES string of the molecule is Cn1ccc(CNCc2cnn(C3CCCC3)c2)n1. The molecule has 5 heteroatoms. The van der Waals surface area contributed by atoms with Crippen LogP contribution in [-0.4, -0.2) is 19.6 Å². The Balaban J connectivity index is 1.50. The first kappa shape index (κ1) is 12.4. The zero-order chi connectivity index (χ0) is 13.1. The van der Waals surface area contributed by atoms with E-state index >= 15 is 0 Å². The van der Waals surface area contributed by atoms with Crippen LogP contribution in [-0.2, 0) is 20.1 Å². The maximum atomic E-state index is 4.48. The van der Waals surface area contributed by atoms with Gasteiger partial charge in [0.2, 0.25) is 0 Å². The Labute approximate surface area is 113 Å². The molecule has 2 heterocycles. The molecule has 5 nitrogen and oxygen atoms in total. The largest absolute Gasteiger partial charge is 0.307 e. The summed E-state index contributed by atoms with van der Waals surface area (Å²) in [5.74, 6) is 0. The summed E-state index contributed by atoms with van der Waals surface area (Å²) in [5.41, 5.74) is 2.33. The molecule has 0 atom stereocenters. The monoisotopic (exact) mass is 259 g/mol. The van der Waals surface area contributed by atoms with Crippen LogP contribution in [0.4, 0.5) is 0 Å². The number of rotatable bonds is 5. The van der Waals surface area contributed by atoms with Crippen molar-refractivity contribution in [1.29, 1.82) is 0 Å². The third kappa shape index (κ3) is 3.04. The van der Waals surface area contributed by atoms with Crippen LogP contribution in [0.5, 0.6) is 0 Å². The molecule has 19 heavy (non-hydrogen) atoms. The molecule has 0 amide bonds. The summed E-state index contributed by atoms with van der Waals surface area (Å²) < 4.78 is 3.97. The smallest absolute Gasteiger partial charge is 0.0762 e. The van der Waals surface area contributed by atoms with Crippen LogP contribution in [0.15, 0.2) is 24.7 Å². The van der Waals surface area contributed by atoms with Crippen LogP contribution in [0.3, 0.4) is 0 Å². The molecule has 0 bridgehead atoms. The lowest BCUT2D eigenvalue weighted by molar-refractivity contribution is 0.466. The summed E-state index contributed by atoms with van der Waals surface area (Å²) in [6.45, 7) is 1.65. The van der Waals surface area contributed by atoms with Gasteiger partial charge in [-0.3, -0.25) is 9.36 Å². The zero-order valence-electron chi connectivity index (χ0n) is 11.4. The molecular formula is C14H21N5. The van der Waals surface area contributed by atoms with E-state index < -0.39 is 0 Å². The molecule has 0 saturated heterocycles. The van der Waals surface area contributed by atoms with Crippen molar-refractivity contribution in [3.63, 3.8) is 0 Å². The van der Waals surface area contributed by atoms with E-state index in [9.17, 15) is 0 Å². The van der Waals surface area contributed by atoms with Gasteiger partial charge >= 0.3 is 0 Å². The fourth-order valence-electron chi connectivity index (χ4n) is 2.73. The molecule has 1 saturated carbocycles. The molecule has 0 spiro atoms. The maximum Gasteiger partial charge on any atom is 0.0762 e. The standard InChI is InChI=1S/C14H21N5/c1-18-7-6-13(17-18)10-15-8-12-9-16-19(11-12)14-4-2-3-5-14/h6-7,9,11,14-15H,2-5,8,10H2,1H3. The molecule has 1 aliphatic carbocycles. The highest BCUT2D eigenvalue weighted by atomic mass is 15.3. The highest BCUT2D eigenvalue weighted by Gasteiger charge is 2.17. The molecule has 0 unspecified atom stereocenters. The molecule has 2 aromatic rings. The number of nitrogens with one attached hydrogen (secondary N) is 1. The third-order valence-electron chi connectivity index (χ3n) is 3.76. The van der Waals surface area contributed by atoms with Gasteiger partial charge in [-0.2, -0.15) is 10.2 Å². The quantitative estimate of drug-likeness (QED) is 0.893. The lowest BCUT2D eigenvalue weighted by Gasteiger charge is -2.08. The fourth-order valence-corrected chi connectivity index (χ4v) is 2.73. The van der Waals surface area contributed by atoms with Gasteiger partial charge in [0.1, 0.15) is 0 Å². The van der Waals surface area contributed by atoms with Gasteiger partial charge in [-0.05, 0) is 18.9 Å². The Bertz CT molecular complexity index is 521. The predicted octanol–water partition coefficient (Wildman–Crippen LogP) is 2.02. The van der Waals surface area contributed by atoms with Crippen molar-refractivity contribution in [2.75, 3.05) is 0 Å². The van der Waals surface area contributed by atoms with Gasteiger partial charge in [0, 0.05) is 38.1 Å². The second kappa shape index (κ2) is 5.57. The Morgan fingerprint density at radius 2 is 2.16 bits per heavy atom. The van der Waals surface area contributed by atoms with E-state index in [1.54, 1.807) is 0 Å². The molecule has 1 N–H and O–H groups in total. The Morgan fingerprint density at radius 3 is 2.89 bits per heavy atom. The predicted molar refractivity (Wildman–Crippen MR) is 73.5 cm³/mol. The van der Waals surface area contributed by atoms with E-state index in [0.717, 1.165) is 18.8 Å². The highest BCUT2D eigenvalue weighted by molar-refractivity contribution is 5.05. The van der Waals surface area contributed by atoms with Gasteiger partial charge in [-0.1, -0.05) is 12.8 Å². The van der Waals surface area contributed by atoms with Crippen LogP contribution in [0.2, 0.25) is 0 Å². The topological polar surface area (TPSA) is 47.7 Å². The minimum Gasteiger partial charge on any atom is -0.307 e. The van der Waals surface area contributed by atoms with E-state index in [2.05, 4.69) is 26.4 Å². The van der Waals surface area contributed by atoms with Gasteiger partial charge in [0.25, 0.3) is 0 Å². The lowest BCUT2D eigenvalue weighted by atomic mass is 10.2. The molecule has 0 aromatic carbocycles. The fraction of sp³-hybridized carbons (Fsp3) is 0.571. The van der Waals surface area contributed by atoms with Gasteiger partial charge < -0.3 is 5.32 Å². The number of nitrogens with zero attached hydrogens (tertiary/aromatic N) is 4. The zero-order valence-corrected chi connectivity index (χ0v) is 11.4. The second-order valence-electron chi connectivity index (χ2n) is 5.35. The summed E-state index contributed by atoms with van der Waals surface area (Å²) in [6.07, 6.45) is 11.4. The number of hydrogen-bond donors (Lipinski definition) is 1. The van der Waals surface area contributed by atoms with E-state index in [1.165, 1.54) is 31.2 Å². The van der Waals surface area contributed by atoms with Crippen LogP contribution >= 0.6 is 0 Å². The summed E-state index contributed by atoms with van der Waals surface area (Å²) in [7, 11) is 1.94. The van der Waals surface area contributed by atoms with Crippen LogP contribution in [0.1, 0.15) is 43.0 Å². The van der Waals surface area contributed by atoms with Crippen LogP contribution < -0.4 is 5.32 Å². The summed E-state index contributed by atoms with van der Waals surface area (Å²) in [6, 6.07) is 2.67. The maximum absolute atomic E-state index is 4.48. The van der Waals surface area contributed by atoms with Gasteiger partial charge in [0.15, 0.2) is 0 Å². The molecule has 0 radical (unpaired) electrons. The van der Waals surface area contributed by atoms with Gasteiger partial charge in [-0.15, -0.1) is 0 Å². The molecule has 1 fully saturated rings. The van der Waals surface area contributed by atoms with Crippen LogP contribution in [0.25, 0.3) is 0 Å². The number of hydrogen-bond acceptors (Lipinski definition) is 3. The first-order chi connectivity index (χ1) is 9.31. The number of aromatic nitrogens is 4. The van der Waals surface area contributed by atoms with E-state index in [-0.39, 0.29) is 0 Å². The van der Waals surface area contributed by atoms with Crippen molar-refractivity contribution in [3.8, 4) is 0 Å². The molecule has 1 aliphatic rings. The van der Waals surface area contributed by atoms with E-state index in [0.29, 0.717) is 6.04 Å². The average Bonchev–Trinajstić information content (AvgIpc) is 3.09. The van der Waals surface area contributed by atoms with Crippen molar-refractivity contribution in [2.24, 2.45) is 7.05 Å². The first-order valence-corrected chi connectivity index (χ1v) is 7.03. The van der Waals surface area contributed by atoms with E-state index in [4.69, 9.17) is 0 Å². The van der Waals surface area contributed by atoms with E-state index in [1.807, 2.05) is 30.2 Å². The van der Waals surface area contributed by atoms with Gasteiger partial charge in [-0.25, -0.2) is 0 Å². The molecule has 102 valence electrons. The molecule has 0 aliphatic heterocycles. The average molecular weight is 259 g/mol. The lowest BCUT2D eigenvalue weighted by Crippen LogP contribution is -2.13. The molecule has 3 rings (SSSR count). The van der Waals surface area contributed by atoms with Crippen molar-refractivity contribution < 1.29 is 0 Å². The van der Waals surface area contributed by atoms with Gasteiger partial charge in [0.05, 0.1) is 17.9 Å². The number of aryl methyl sites for hydroxylation is 1. The summed E-state index contributed by atoms with van der Waals surface area (Å²) >= 11 is 0. The van der Waals surface area contributed by atoms with Crippen molar-refractivity contribution in [3.05, 3.63) is 35.9 Å². The van der Waals surface area contributed by atoms with Crippen LogP contribution in [0, 0.1) is 0 Å². The van der Waals surface area contributed by atoms with Crippen molar-refractivity contribution in [1.82, 2.24) is 24.9 Å². The minimum atomic E-state index is 0.629. The summed E-state index contributed by atoms with van der Waals surface area (Å²) in [5, 5.41) is 12.2. The third-order valence-corrected chi connectivity index (χ3v) is 3.76. The van der Waals surface area contributed by atoms with Crippen molar-refractivity contribution >= 4 is 0 Å². The Kier molecular flexibility index (Phi) is 3.64. The first-order valence-electron chi connectivity index (χ1n) is 7.03. The van der Waals surface area contributed by atoms with Crippen molar-refractivity contribution in [2.45, 2.75) is 44.8 Å². The molecular weight excluding hydrogens is 238 g/mol. The second-order valence-corrected chi connectivity index (χ2v) is 5.35.